The molecule has 19 heavy (non-hydrogen) atoms. The van der Waals surface area contributed by atoms with Crippen molar-refractivity contribution in [2.45, 2.75) is 12.8 Å². The minimum Gasteiger partial charge on any atom is -0.393 e. The lowest BCUT2D eigenvalue weighted by atomic mass is 9.98. The molecule has 1 aliphatic rings. The van der Waals surface area contributed by atoms with Crippen LogP contribution in [0.2, 0.25) is 0 Å². The third-order valence-corrected chi connectivity index (χ3v) is 3.49. The summed E-state index contributed by atoms with van der Waals surface area (Å²) in [6.07, 6.45) is 2.26. The lowest BCUT2D eigenvalue weighted by molar-refractivity contribution is -0.383. The van der Waals surface area contributed by atoms with Gasteiger partial charge in [0.15, 0.2) is 0 Å². The predicted octanol–water partition coefficient (Wildman–Crippen LogP) is 2.04. The van der Waals surface area contributed by atoms with Crippen LogP contribution in [0, 0.1) is 16.0 Å². The first-order valence-corrected chi connectivity index (χ1v) is 6.39. The number of nitrogen functional groups attached to an aromatic ring is 1. The van der Waals surface area contributed by atoms with E-state index in [-0.39, 0.29) is 11.4 Å². The number of piperidine rings is 1. The van der Waals surface area contributed by atoms with Crippen molar-refractivity contribution in [1.29, 1.82) is 0 Å². The first-order valence-electron chi connectivity index (χ1n) is 6.39. The summed E-state index contributed by atoms with van der Waals surface area (Å²) in [5, 5.41) is 10.7. The Bertz CT molecular complexity index is 462. The molecule has 1 heterocycles. The van der Waals surface area contributed by atoms with E-state index in [1.807, 2.05) is 0 Å². The molecule has 1 aromatic rings. The number of ether oxygens (including phenoxy) is 1. The molecule has 0 spiro atoms. The van der Waals surface area contributed by atoms with Crippen LogP contribution in [-0.4, -0.2) is 31.7 Å². The Morgan fingerprint density at radius 2 is 2.37 bits per heavy atom. The molecule has 1 aromatic carbocycles. The van der Waals surface area contributed by atoms with E-state index in [1.54, 1.807) is 19.2 Å². The van der Waals surface area contributed by atoms with Crippen LogP contribution in [0.1, 0.15) is 12.8 Å². The van der Waals surface area contributed by atoms with Crippen LogP contribution in [-0.2, 0) is 4.74 Å². The number of nitro groups is 1. The third-order valence-electron chi connectivity index (χ3n) is 3.49. The van der Waals surface area contributed by atoms with Crippen molar-refractivity contribution in [3.8, 4) is 0 Å². The molecule has 0 saturated carbocycles. The van der Waals surface area contributed by atoms with Crippen LogP contribution < -0.4 is 10.6 Å². The highest BCUT2D eigenvalue weighted by Crippen LogP contribution is 2.29. The van der Waals surface area contributed by atoms with Crippen molar-refractivity contribution in [1.82, 2.24) is 0 Å². The highest BCUT2D eigenvalue weighted by Gasteiger charge is 2.21. The molecule has 0 aliphatic carbocycles. The van der Waals surface area contributed by atoms with E-state index in [0.717, 1.165) is 38.2 Å². The van der Waals surface area contributed by atoms with Gasteiger partial charge in [0.25, 0.3) is 5.69 Å². The van der Waals surface area contributed by atoms with E-state index in [2.05, 4.69) is 4.90 Å². The monoisotopic (exact) mass is 265 g/mol. The Labute approximate surface area is 112 Å². The Morgan fingerprint density at radius 1 is 1.58 bits per heavy atom. The molecule has 0 radical (unpaired) electrons. The maximum Gasteiger partial charge on any atom is 0.292 e. The van der Waals surface area contributed by atoms with Crippen molar-refractivity contribution in [3.05, 3.63) is 28.3 Å². The lowest BCUT2D eigenvalue weighted by Crippen LogP contribution is -2.37. The number of nitrogens with two attached hydrogens (primary N) is 1. The van der Waals surface area contributed by atoms with Crippen LogP contribution in [0.25, 0.3) is 0 Å². The van der Waals surface area contributed by atoms with Crippen molar-refractivity contribution >= 4 is 17.1 Å². The average molecular weight is 265 g/mol. The fourth-order valence-corrected chi connectivity index (χ4v) is 2.58. The Balaban J connectivity index is 2.13. The molecule has 2 N–H and O–H groups in total. The van der Waals surface area contributed by atoms with Gasteiger partial charge in [0.2, 0.25) is 0 Å². The van der Waals surface area contributed by atoms with Crippen molar-refractivity contribution < 1.29 is 9.66 Å². The van der Waals surface area contributed by atoms with E-state index in [0.29, 0.717) is 5.92 Å². The molecule has 1 saturated heterocycles. The number of nitrogens with zero attached hydrogens (tertiary/aromatic N) is 2. The fraction of sp³-hybridized carbons (Fsp3) is 0.538. The zero-order valence-corrected chi connectivity index (χ0v) is 11.0. The van der Waals surface area contributed by atoms with E-state index in [1.165, 1.54) is 6.07 Å². The predicted molar refractivity (Wildman–Crippen MR) is 74.3 cm³/mol. The van der Waals surface area contributed by atoms with E-state index in [4.69, 9.17) is 10.5 Å². The number of methoxy groups -OCH3 is 1. The van der Waals surface area contributed by atoms with Gasteiger partial charge in [-0.2, -0.15) is 0 Å². The molecule has 1 aliphatic heterocycles. The van der Waals surface area contributed by atoms with Gasteiger partial charge >= 0.3 is 0 Å². The number of anilines is 2. The quantitative estimate of drug-likeness (QED) is 0.512. The summed E-state index contributed by atoms with van der Waals surface area (Å²) in [6, 6.07) is 4.93. The lowest BCUT2D eigenvalue weighted by Gasteiger charge is -2.34. The van der Waals surface area contributed by atoms with E-state index < -0.39 is 4.92 Å². The van der Waals surface area contributed by atoms with Crippen molar-refractivity contribution in [2.24, 2.45) is 5.92 Å². The van der Waals surface area contributed by atoms with Gasteiger partial charge in [-0.15, -0.1) is 0 Å². The number of nitro benzene ring substituents is 1. The van der Waals surface area contributed by atoms with Crippen LogP contribution in [0.4, 0.5) is 17.1 Å². The SMILES string of the molecule is COCC1CCCN(c2ccc([N+](=O)[O-])c(N)c2)C1. The van der Waals surface area contributed by atoms with Crippen LogP contribution in [0.15, 0.2) is 18.2 Å². The minimum absolute atomic E-state index is 0.0331. The molecule has 1 fully saturated rings. The smallest absolute Gasteiger partial charge is 0.292 e. The third kappa shape index (κ3) is 3.14. The summed E-state index contributed by atoms with van der Waals surface area (Å²) < 4.78 is 5.20. The molecule has 1 atom stereocenters. The maximum atomic E-state index is 10.7. The number of rotatable bonds is 4. The highest BCUT2D eigenvalue weighted by atomic mass is 16.6. The standard InChI is InChI=1S/C13H19N3O3/c1-19-9-10-3-2-6-15(8-10)11-4-5-13(16(17)18)12(14)7-11/h4-5,7,10H,2-3,6,8-9,14H2,1H3. The summed E-state index contributed by atoms with van der Waals surface area (Å²) in [5.74, 6) is 0.509. The molecular formula is C13H19N3O3. The van der Waals surface area contributed by atoms with Crippen molar-refractivity contribution in [2.75, 3.05) is 37.4 Å². The van der Waals surface area contributed by atoms with E-state index in [9.17, 15) is 10.1 Å². The average Bonchev–Trinajstić information content (AvgIpc) is 2.39. The zero-order chi connectivity index (χ0) is 13.8. The summed E-state index contributed by atoms with van der Waals surface area (Å²) in [4.78, 5) is 12.5. The zero-order valence-electron chi connectivity index (χ0n) is 11.0. The van der Waals surface area contributed by atoms with E-state index >= 15 is 0 Å². The second-order valence-corrected chi connectivity index (χ2v) is 4.91. The number of hydrogen-bond donors (Lipinski definition) is 1. The van der Waals surface area contributed by atoms with Crippen LogP contribution in [0.5, 0.6) is 0 Å². The molecule has 6 heteroatoms. The summed E-state index contributed by atoms with van der Waals surface area (Å²) in [6.45, 7) is 2.61. The summed E-state index contributed by atoms with van der Waals surface area (Å²) in [7, 11) is 1.71. The molecule has 0 bridgehead atoms. The Morgan fingerprint density at radius 3 is 3.00 bits per heavy atom. The van der Waals surface area contributed by atoms with Gasteiger partial charge in [-0.05, 0) is 30.9 Å². The molecule has 2 rings (SSSR count). The molecule has 0 aromatic heterocycles. The summed E-state index contributed by atoms with van der Waals surface area (Å²) >= 11 is 0. The molecular weight excluding hydrogens is 246 g/mol. The highest BCUT2D eigenvalue weighted by molar-refractivity contribution is 5.66. The number of hydrogen-bond acceptors (Lipinski definition) is 5. The number of benzene rings is 1. The van der Waals surface area contributed by atoms with Gasteiger partial charge < -0.3 is 15.4 Å². The largest absolute Gasteiger partial charge is 0.393 e. The van der Waals surface area contributed by atoms with Crippen molar-refractivity contribution in [3.63, 3.8) is 0 Å². The second kappa shape index (κ2) is 5.88. The first-order chi connectivity index (χ1) is 9.11. The normalized spacial score (nSPS) is 19.4. The minimum atomic E-state index is -0.455. The molecule has 1 unspecified atom stereocenters. The van der Waals surface area contributed by atoms with Gasteiger partial charge in [-0.3, -0.25) is 10.1 Å². The van der Waals surface area contributed by atoms with Gasteiger partial charge in [0.1, 0.15) is 5.69 Å². The van der Waals surface area contributed by atoms with Gasteiger partial charge in [-0.25, -0.2) is 0 Å². The molecule has 104 valence electrons. The fourth-order valence-electron chi connectivity index (χ4n) is 2.58. The summed E-state index contributed by atoms with van der Waals surface area (Å²) in [5.41, 5.74) is 6.86. The van der Waals surface area contributed by atoms with Gasteiger partial charge in [-0.1, -0.05) is 0 Å². The Hall–Kier alpha value is -1.82. The Kier molecular flexibility index (Phi) is 4.21. The first kappa shape index (κ1) is 13.6. The molecule has 6 nitrogen and oxygen atoms in total. The van der Waals surface area contributed by atoms with Crippen LogP contribution in [0.3, 0.4) is 0 Å². The van der Waals surface area contributed by atoms with Gasteiger partial charge in [0.05, 0.1) is 11.5 Å². The maximum absolute atomic E-state index is 10.7. The van der Waals surface area contributed by atoms with Gasteiger partial charge in [0, 0.05) is 32.0 Å². The topological polar surface area (TPSA) is 81.6 Å². The molecule has 0 amide bonds. The second-order valence-electron chi connectivity index (χ2n) is 4.91. The van der Waals surface area contributed by atoms with Crippen LogP contribution >= 0.6 is 0 Å².